The molecule has 0 radical (unpaired) electrons. The number of para-hydroxylation sites is 1. The molecule has 0 heterocycles. The number of benzene rings is 1. The SMILES string of the molecule is CCOC(=O)C(CC)Oc1c(C)cccc1CO. The Morgan fingerprint density at radius 1 is 1.39 bits per heavy atom. The van der Waals surface area contributed by atoms with E-state index in [2.05, 4.69) is 0 Å². The fourth-order valence-corrected chi connectivity index (χ4v) is 1.68. The number of hydrogen-bond donors (Lipinski definition) is 1. The van der Waals surface area contributed by atoms with Crippen molar-refractivity contribution in [3.63, 3.8) is 0 Å². The third kappa shape index (κ3) is 3.47. The maximum atomic E-state index is 11.7. The van der Waals surface area contributed by atoms with E-state index in [0.717, 1.165) is 5.56 Å². The molecule has 0 spiro atoms. The summed E-state index contributed by atoms with van der Waals surface area (Å²) >= 11 is 0. The Bertz CT molecular complexity index is 401. The number of aryl methyl sites for hydroxylation is 1. The lowest BCUT2D eigenvalue weighted by Gasteiger charge is -2.19. The van der Waals surface area contributed by atoms with Crippen LogP contribution < -0.4 is 4.74 Å². The zero-order valence-corrected chi connectivity index (χ0v) is 11.1. The summed E-state index contributed by atoms with van der Waals surface area (Å²) < 4.78 is 10.7. The van der Waals surface area contributed by atoms with Crippen molar-refractivity contribution in [2.24, 2.45) is 0 Å². The Morgan fingerprint density at radius 2 is 2.11 bits per heavy atom. The molecule has 0 amide bonds. The van der Waals surface area contributed by atoms with Crippen molar-refractivity contribution in [1.29, 1.82) is 0 Å². The van der Waals surface area contributed by atoms with Crippen molar-refractivity contribution >= 4 is 5.97 Å². The lowest BCUT2D eigenvalue weighted by Crippen LogP contribution is -2.29. The van der Waals surface area contributed by atoms with Gasteiger partial charge in [-0.15, -0.1) is 0 Å². The monoisotopic (exact) mass is 252 g/mol. The van der Waals surface area contributed by atoms with Gasteiger partial charge in [-0.3, -0.25) is 0 Å². The Labute approximate surface area is 108 Å². The van der Waals surface area contributed by atoms with Gasteiger partial charge in [-0.25, -0.2) is 4.79 Å². The van der Waals surface area contributed by atoms with Crippen LogP contribution in [0.1, 0.15) is 31.4 Å². The Kier molecular flexibility index (Phi) is 5.65. The first kappa shape index (κ1) is 14.5. The Balaban J connectivity index is 2.91. The van der Waals surface area contributed by atoms with E-state index in [1.807, 2.05) is 26.0 Å². The van der Waals surface area contributed by atoms with E-state index in [4.69, 9.17) is 9.47 Å². The number of aliphatic hydroxyl groups is 1. The predicted molar refractivity (Wildman–Crippen MR) is 68.4 cm³/mol. The van der Waals surface area contributed by atoms with Gasteiger partial charge in [0.25, 0.3) is 0 Å². The molecular weight excluding hydrogens is 232 g/mol. The average molecular weight is 252 g/mol. The molecule has 1 aromatic rings. The largest absolute Gasteiger partial charge is 0.478 e. The van der Waals surface area contributed by atoms with Crippen molar-refractivity contribution < 1.29 is 19.4 Å². The molecule has 1 atom stereocenters. The molecule has 0 saturated carbocycles. The number of esters is 1. The normalized spacial score (nSPS) is 12.0. The molecular formula is C14H20O4. The van der Waals surface area contributed by atoms with Crippen LogP contribution in [0.4, 0.5) is 0 Å². The van der Waals surface area contributed by atoms with Gasteiger partial charge in [0.2, 0.25) is 0 Å². The van der Waals surface area contributed by atoms with Gasteiger partial charge in [0, 0.05) is 5.56 Å². The molecule has 1 aromatic carbocycles. The molecule has 0 aromatic heterocycles. The summed E-state index contributed by atoms with van der Waals surface area (Å²) in [7, 11) is 0. The molecule has 0 aliphatic rings. The number of carbonyl (C=O) groups excluding carboxylic acids is 1. The maximum Gasteiger partial charge on any atom is 0.347 e. The summed E-state index contributed by atoms with van der Waals surface area (Å²) in [5, 5.41) is 9.27. The third-order valence-corrected chi connectivity index (χ3v) is 2.64. The third-order valence-electron chi connectivity index (χ3n) is 2.64. The highest BCUT2D eigenvalue weighted by molar-refractivity contribution is 5.75. The fraction of sp³-hybridized carbons (Fsp3) is 0.500. The quantitative estimate of drug-likeness (QED) is 0.789. The summed E-state index contributed by atoms with van der Waals surface area (Å²) in [4.78, 5) is 11.7. The molecule has 0 aliphatic heterocycles. The number of hydrogen-bond acceptors (Lipinski definition) is 4. The van der Waals surface area contributed by atoms with Crippen LogP contribution in [0, 0.1) is 6.92 Å². The number of aliphatic hydroxyl groups excluding tert-OH is 1. The van der Waals surface area contributed by atoms with Gasteiger partial charge in [-0.2, -0.15) is 0 Å². The molecule has 1 unspecified atom stereocenters. The minimum absolute atomic E-state index is 0.115. The van der Waals surface area contributed by atoms with E-state index >= 15 is 0 Å². The van der Waals surface area contributed by atoms with Crippen LogP contribution in [0.3, 0.4) is 0 Å². The first-order valence-electron chi connectivity index (χ1n) is 6.16. The van der Waals surface area contributed by atoms with Crippen LogP contribution in [-0.2, 0) is 16.1 Å². The second-order valence-electron chi connectivity index (χ2n) is 3.99. The fourth-order valence-electron chi connectivity index (χ4n) is 1.68. The second kappa shape index (κ2) is 7.01. The number of ether oxygens (including phenoxy) is 2. The van der Waals surface area contributed by atoms with E-state index in [0.29, 0.717) is 24.3 Å². The minimum Gasteiger partial charge on any atom is -0.478 e. The molecule has 18 heavy (non-hydrogen) atoms. The van der Waals surface area contributed by atoms with Gasteiger partial charge in [-0.05, 0) is 25.8 Å². The minimum atomic E-state index is -0.628. The van der Waals surface area contributed by atoms with Crippen LogP contribution in [-0.4, -0.2) is 23.8 Å². The number of carbonyl (C=O) groups is 1. The molecule has 0 bridgehead atoms. The molecule has 0 aliphatic carbocycles. The van der Waals surface area contributed by atoms with E-state index in [9.17, 15) is 9.90 Å². The highest BCUT2D eigenvalue weighted by atomic mass is 16.6. The lowest BCUT2D eigenvalue weighted by molar-refractivity contribution is -0.151. The van der Waals surface area contributed by atoms with Crippen molar-refractivity contribution in [3.05, 3.63) is 29.3 Å². The van der Waals surface area contributed by atoms with Gasteiger partial charge < -0.3 is 14.6 Å². The van der Waals surface area contributed by atoms with Crippen molar-refractivity contribution in [1.82, 2.24) is 0 Å². The standard InChI is InChI=1S/C14H20O4/c1-4-12(14(16)17-5-2)18-13-10(3)7-6-8-11(13)9-15/h6-8,12,15H,4-5,9H2,1-3H3. The predicted octanol–water partition coefficient (Wildman–Crippen LogP) is 2.21. The Morgan fingerprint density at radius 3 is 2.67 bits per heavy atom. The summed E-state index contributed by atoms with van der Waals surface area (Å²) in [6, 6.07) is 5.51. The van der Waals surface area contributed by atoms with E-state index in [1.54, 1.807) is 13.0 Å². The summed E-state index contributed by atoms with van der Waals surface area (Å²) in [5.74, 6) is 0.201. The van der Waals surface area contributed by atoms with Gasteiger partial charge in [0.15, 0.2) is 6.10 Å². The maximum absolute atomic E-state index is 11.7. The lowest BCUT2D eigenvalue weighted by atomic mass is 10.1. The van der Waals surface area contributed by atoms with Crippen LogP contribution >= 0.6 is 0 Å². The second-order valence-corrected chi connectivity index (χ2v) is 3.99. The molecule has 100 valence electrons. The summed E-state index contributed by atoms with van der Waals surface area (Å²) in [6.45, 7) is 5.72. The summed E-state index contributed by atoms with van der Waals surface area (Å²) in [5.41, 5.74) is 1.57. The zero-order valence-electron chi connectivity index (χ0n) is 11.1. The first-order valence-corrected chi connectivity index (χ1v) is 6.16. The van der Waals surface area contributed by atoms with Gasteiger partial charge in [-0.1, -0.05) is 25.1 Å². The van der Waals surface area contributed by atoms with E-state index in [-0.39, 0.29) is 12.6 Å². The smallest absolute Gasteiger partial charge is 0.347 e. The van der Waals surface area contributed by atoms with Crippen LogP contribution in [0.5, 0.6) is 5.75 Å². The molecule has 4 heteroatoms. The average Bonchev–Trinajstić information content (AvgIpc) is 2.37. The zero-order chi connectivity index (χ0) is 13.5. The molecule has 0 saturated heterocycles. The van der Waals surface area contributed by atoms with Crippen LogP contribution in [0.15, 0.2) is 18.2 Å². The van der Waals surface area contributed by atoms with Crippen LogP contribution in [0.25, 0.3) is 0 Å². The molecule has 1 N–H and O–H groups in total. The van der Waals surface area contributed by atoms with Gasteiger partial charge >= 0.3 is 5.97 Å². The van der Waals surface area contributed by atoms with Gasteiger partial charge in [0.1, 0.15) is 5.75 Å². The highest BCUT2D eigenvalue weighted by Gasteiger charge is 2.21. The van der Waals surface area contributed by atoms with Crippen molar-refractivity contribution in [3.8, 4) is 5.75 Å². The molecule has 0 fully saturated rings. The Hall–Kier alpha value is -1.55. The van der Waals surface area contributed by atoms with Crippen LogP contribution in [0.2, 0.25) is 0 Å². The van der Waals surface area contributed by atoms with Gasteiger partial charge in [0.05, 0.1) is 13.2 Å². The highest BCUT2D eigenvalue weighted by Crippen LogP contribution is 2.25. The molecule has 1 rings (SSSR count). The number of rotatable bonds is 6. The van der Waals surface area contributed by atoms with Crippen molar-refractivity contribution in [2.45, 2.75) is 39.9 Å². The van der Waals surface area contributed by atoms with E-state index < -0.39 is 6.10 Å². The first-order chi connectivity index (χ1) is 8.63. The molecule has 4 nitrogen and oxygen atoms in total. The summed E-state index contributed by atoms with van der Waals surface area (Å²) in [6.07, 6.45) is -0.103. The van der Waals surface area contributed by atoms with Crippen molar-refractivity contribution in [2.75, 3.05) is 6.61 Å². The topological polar surface area (TPSA) is 55.8 Å². The van der Waals surface area contributed by atoms with E-state index in [1.165, 1.54) is 0 Å².